The van der Waals surface area contributed by atoms with E-state index in [-0.39, 0.29) is 5.91 Å². The standard InChI is InChI=1S/C18H26ClN3O2/c1-13-3-4-16(19)17(11-13)24-14(2)18(23)22-8-5-15(12-22)21-9-6-20-7-10-21/h3-4,11,14-15,20H,5-10,12H2,1-2H3. The monoisotopic (exact) mass is 351 g/mol. The van der Waals surface area contributed by atoms with Crippen LogP contribution in [0.4, 0.5) is 0 Å². The molecule has 24 heavy (non-hydrogen) atoms. The Morgan fingerprint density at radius 1 is 1.33 bits per heavy atom. The van der Waals surface area contributed by atoms with Gasteiger partial charge in [0.1, 0.15) is 5.75 Å². The van der Waals surface area contributed by atoms with Crippen LogP contribution in [0.15, 0.2) is 18.2 Å². The van der Waals surface area contributed by atoms with Crippen molar-refractivity contribution in [3.05, 3.63) is 28.8 Å². The highest BCUT2D eigenvalue weighted by Crippen LogP contribution is 2.27. The lowest BCUT2D eigenvalue weighted by Gasteiger charge is -2.32. The molecule has 2 atom stereocenters. The number of amides is 1. The van der Waals surface area contributed by atoms with E-state index in [1.54, 1.807) is 13.0 Å². The summed E-state index contributed by atoms with van der Waals surface area (Å²) in [5, 5.41) is 3.91. The van der Waals surface area contributed by atoms with E-state index in [9.17, 15) is 4.79 Å². The maximum Gasteiger partial charge on any atom is 0.263 e. The molecule has 2 fully saturated rings. The van der Waals surface area contributed by atoms with Gasteiger partial charge in [-0.2, -0.15) is 0 Å². The molecule has 0 saturated carbocycles. The largest absolute Gasteiger partial charge is 0.479 e. The predicted molar refractivity (Wildman–Crippen MR) is 95.7 cm³/mol. The van der Waals surface area contributed by atoms with E-state index in [1.165, 1.54) is 0 Å². The van der Waals surface area contributed by atoms with Crippen LogP contribution >= 0.6 is 11.6 Å². The third-order valence-electron chi connectivity index (χ3n) is 4.88. The first kappa shape index (κ1) is 17.5. The van der Waals surface area contributed by atoms with E-state index in [1.807, 2.05) is 24.0 Å². The van der Waals surface area contributed by atoms with Gasteiger partial charge < -0.3 is 15.0 Å². The van der Waals surface area contributed by atoms with Crippen LogP contribution in [0.5, 0.6) is 5.75 Å². The second-order valence-corrected chi connectivity index (χ2v) is 7.11. The molecule has 3 rings (SSSR count). The fourth-order valence-corrected chi connectivity index (χ4v) is 3.65. The molecule has 0 bridgehead atoms. The first-order valence-corrected chi connectivity index (χ1v) is 9.09. The van der Waals surface area contributed by atoms with Crippen LogP contribution in [0.3, 0.4) is 0 Å². The lowest BCUT2D eigenvalue weighted by atomic mass is 10.2. The molecule has 0 aromatic heterocycles. The van der Waals surface area contributed by atoms with Gasteiger partial charge in [0.25, 0.3) is 5.91 Å². The van der Waals surface area contributed by atoms with Crippen molar-refractivity contribution in [1.29, 1.82) is 0 Å². The molecule has 1 aromatic rings. The molecule has 2 heterocycles. The van der Waals surface area contributed by atoms with E-state index >= 15 is 0 Å². The Kier molecular flexibility index (Phi) is 5.64. The van der Waals surface area contributed by atoms with Crippen molar-refractivity contribution in [3.63, 3.8) is 0 Å². The van der Waals surface area contributed by atoms with Gasteiger partial charge in [0.15, 0.2) is 6.10 Å². The number of benzene rings is 1. The van der Waals surface area contributed by atoms with Crippen LogP contribution in [0, 0.1) is 6.92 Å². The van der Waals surface area contributed by atoms with Crippen LogP contribution in [0.1, 0.15) is 18.9 Å². The molecule has 5 nitrogen and oxygen atoms in total. The maximum absolute atomic E-state index is 12.7. The molecule has 0 aliphatic carbocycles. The summed E-state index contributed by atoms with van der Waals surface area (Å²) in [7, 11) is 0. The molecule has 2 unspecified atom stereocenters. The van der Waals surface area contributed by atoms with Gasteiger partial charge in [-0.15, -0.1) is 0 Å². The minimum absolute atomic E-state index is 0.0465. The van der Waals surface area contributed by atoms with Crippen LogP contribution in [-0.2, 0) is 4.79 Å². The van der Waals surface area contributed by atoms with Gasteiger partial charge in [0.05, 0.1) is 5.02 Å². The summed E-state index contributed by atoms with van der Waals surface area (Å²) >= 11 is 6.17. The molecule has 6 heteroatoms. The van der Waals surface area contributed by atoms with Gasteiger partial charge in [0, 0.05) is 45.3 Å². The summed E-state index contributed by atoms with van der Waals surface area (Å²) < 4.78 is 5.83. The Morgan fingerprint density at radius 3 is 2.83 bits per heavy atom. The quantitative estimate of drug-likeness (QED) is 0.900. The third kappa shape index (κ3) is 4.02. The van der Waals surface area contributed by atoms with E-state index < -0.39 is 6.10 Å². The molecule has 132 valence electrons. The molecular formula is C18H26ClN3O2. The average Bonchev–Trinajstić information content (AvgIpc) is 3.08. The topological polar surface area (TPSA) is 44.8 Å². The number of aryl methyl sites for hydroxylation is 1. The Bertz CT molecular complexity index is 590. The van der Waals surface area contributed by atoms with Gasteiger partial charge in [-0.25, -0.2) is 0 Å². The van der Waals surface area contributed by atoms with E-state index in [4.69, 9.17) is 16.3 Å². The molecule has 2 aliphatic rings. The van der Waals surface area contributed by atoms with Gasteiger partial charge in [0.2, 0.25) is 0 Å². The van der Waals surface area contributed by atoms with E-state index in [0.29, 0.717) is 16.8 Å². The van der Waals surface area contributed by atoms with Crippen LogP contribution in [0.25, 0.3) is 0 Å². The highest BCUT2D eigenvalue weighted by Gasteiger charge is 2.33. The summed E-state index contributed by atoms with van der Waals surface area (Å²) in [6.45, 7) is 9.60. The number of hydrogen-bond acceptors (Lipinski definition) is 4. The van der Waals surface area contributed by atoms with Crippen molar-refractivity contribution >= 4 is 17.5 Å². The van der Waals surface area contributed by atoms with Crippen LogP contribution in [-0.4, -0.2) is 67.1 Å². The fraction of sp³-hybridized carbons (Fsp3) is 0.611. The smallest absolute Gasteiger partial charge is 0.263 e. The van der Waals surface area contributed by atoms with Gasteiger partial charge in [-0.3, -0.25) is 9.69 Å². The van der Waals surface area contributed by atoms with Gasteiger partial charge in [-0.05, 0) is 38.0 Å². The average molecular weight is 352 g/mol. The lowest BCUT2D eigenvalue weighted by Crippen LogP contribution is -2.50. The molecule has 1 aromatic carbocycles. The minimum atomic E-state index is -0.522. The number of carbonyl (C=O) groups excluding carboxylic acids is 1. The van der Waals surface area contributed by atoms with Crippen molar-refractivity contribution in [2.24, 2.45) is 0 Å². The molecular weight excluding hydrogens is 326 g/mol. The maximum atomic E-state index is 12.7. The number of piperazine rings is 1. The lowest BCUT2D eigenvalue weighted by molar-refractivity contribution is -0.137. The van der Waals surface area contributed by atoms with Crippen molar-refractivity contribution in [2.45, 2.75) is 32.4 Å². The minimum Gasteiger partial charge on any atom is -0.479 e. The zero-order chi connectivity index (χ0) is 17.1. The highest BCUT2D eigenvalue weighted by molar-refractivity contribution is 6.32. The first-order valence-electron chi connectivity index (χ1n) is 8.71. The molecule has 1 amide bonds. The second kappa shape index (κ2) is 7.72. The Balaban J connectivity index is 1.57. The summed E-state index contributed by atoms with van der Waals surface area (Å²) in [6, 6.07) is 6.09. The number of carbonyl (C=O) groups is 1. The van der Waals surface area contributed by atoms with Crippen molar-refractivity contribution in [2.75, 3.05) is 39.3 Å². The van der Waals surface area contributed by atoms with Crippen molar-refractivity contribution in [1.82, 2.24) is 15.1 Å². The zero-order valence-electron chi connectivity index (χ0n) is 14.4. The third-order valence-corrected chi connectivity index (χ3v) is 5.19. The number of ether oxygens (including phenoxy) is 1. The second-order valence-electron chi connectivity index (χ2n) is 6.71. The predicted octanol–water partition coefficient (Wildman–Crippen LogP) is 1.92. The summed E-state index contributed by atoms with van der Waals surface area (Å²) in [5.41, 5.74) is 1.06. The van der Waals surface area contributed by atoms with Crippen LogP contribution < -0.4 is 10.1 Å². The number of nitrogens with one attached hydrogen (secondary N) is 1. The number of rotatable bonds is 4. The highest BCUT2D eigenvalue weighted by atomic mass is 35.5. The summed E-state index contributed by atoms with van der Waals surface area (Å²) in [5.74, 6) is 0.626. The zero-order valence-corrected chi connectivity index (χ0v) is 15.2. The number of hydrogen-bond donors (Lipinski definition) is 1. The number of likely N-dealkylation sites (tertiary alicyclic amines) is 1. The normalized spacial score (nSPS) is 23.3. The summed E-state index contributed by atoms with van der Waals surface area (Å²) in [6.07, 6.45) is 0.523. The molecule has 1 N–H and O–H groups in total. The number of halogens is 1. The van der Waals surface area contributed by atoms with E-state index in [2.05, 4.69) is 10.2 Å². The fourth-order valence-electron chi connectivity index (χ4n) is 3.49. The molecule has 0 spiro atoms. The first-order chi connectivity index (χ1) is 11.5. The van der Waals surface area contributed by atoms with Gasteiger partial charge >= 0.3 is 0 Å². The molecule has 2 saturated heterocycles. The van der Waals surface area contributed by atoms with E-state index in [0.717, 1.165) is 51.3 Å². The Hall–Kier alpha value is -1.30. The van der Waals surface area contributed by atoms with Crippen molar-refractivity contribution < 1.29 is 9.53 Å². The Labute approximate surface area is 148 Å². The Morgan fingerprint density at radius 2 is 2.08 bits per heavy atom. The molecule has 0 radical (unpaired) electrons. The SMILES string of the molecule is Cc1ccc(Cl)c(OC(C)C(=O)N2CCC(N3CCNCC3)C2)c1. The number of nitrogens with zero attached hydrogens (tertiary/aromatic N) is 2. The van der Waals surface area contributed by atoms with Crippen molar-refractivity contribution in [3.8, 4) is 5.75 Å². The molecule has 2 aliphatic heterocycles. The van der Waals surface area contributed by atoms with Crippen LogP contribution in [0.2, 0.25) is 5.02 Å². The summed E-state index contributed by atoms with van der Waals surface area (Å²) in [4.78, 5) is 17.1. The van der Waals surface area contributed by atoms with Gasteiger partial charge in [-0.1, -0.05) is 17.7 Å².